The van der Waals surface area contributed by atoms with Gasteiger partial charge in [0.2, 0.25) is 5.91 Å². The summed E-state index contributed by atoms with van der Waals surface area (Å²) in [5.74, 6) is 0.312. The molecule has 0 saturated carbocycles. The molecule has 0 bridgehead atoms. The zero-order chi connectivity index (χ0) is 17.6. The molecule has 1 amide bonds. The first-order chi connectivity index (χ1) is 11.4. The Kier molecular flexibility index (Phi) is 7.51. The SMILES string of the molecule is CC(C)(C)[C@@H](O)CN1CCN(C(=O)CCCCN2CCCC2)CC1. The second-order valence-corrected chi connectivity index (χ2v) is 8.57. The van der Waals surface area contributed by atoms with E-state index in [9.17, 15) is 9.90 Å². The maximum absolute atomic E-state index is 12.3. The number of β-amino-alcohol motifs (C(OH)–C–C–N with tert-alkyl or cyclic N) is 1. The maximum atomic E-state index is 12.3. The highest BCUT2D eigenvalue weighted by atomic mass is 16.3. The van der Waals surface area contributed by atoms with Gasteiger partial charge in [0.25, 0.3) is 0 Å². The van der Waals surface area contributed by atoms with Crippen LogP contribution in [0.1, 0.15) is 52.9 Å². The van der Waals surface area contributed by atoms with Crippen molar-refractivity contribution in [2.75, 3.05) is 52.4 Å². The molecule has 0 aliphatic carbocycles. The van der Waals surface area contributed by atoms with E-state index < -0.39 is 0 Å². The van der Waals surface area contributed by atoms with Crippen LogP contribution in [0.2, 0.25) is 0 Å². The largest absolute Gasteiger partial charge is 0.391 e. The van der Waals surface area contributed by atoms with Gasteiger partial charge in [-0.15, -0.1) is 0 Å². The molecule has 2 aliphatic rings. The number of unbranched alkanes of at least 4 members (excludes halogenated alkanes) is 1. The lowest BCUT2D eigenvalue weighted by Gasteiger charge is -2.38. The molecule has 0 aromatic carbocycles. The summed E-state index contributed by atoms with van der Waals surface area (Å²) < 4.78 is 0. The van der Waals surface area contributed by atoms with Crippen LogP contribution in [0.25, 0.3) is 0 Å². The van der Waals surface area contributed by atoms with Gasteiger partial charge in [-0.2, -0.15) is 0 Å². The van der Waals surface area contributed by atoms with Crippen molar-refractivity contribution in [2.45, 2.75) is 59.0 Å². The van der Waals surface area contributed by atoms with Crippen LogP contribution in [0.4, 0.5) is 0 Å². The monoisotopic (exact) mass is 339 g/mol. The smallest absolute Gasteiger partial charge is 0.222 e. The van der Waals surface area contributed by atoms with Gasteiger partial charge in [-0.25, -0.2) is 0 Å². The van der Waals surface area contributed by atoms with Gasteiger partial charge < -0.3 is 14.9 Å². The fraction of sp³-hybridized carbons (Fsp3) is 0.947. The van der Waals surface area contributed by atoms with Crippen molar-refractivity contribution in [2.24, 2.45) is 5.41 Å². The van der Waals surface area contributed by atoms with Crippen molar-refractivity contribution in [1.29, 1.82) is 0 Å². The Morgan fingerprint density at radius 2 is 1.58 bits per heavy atom. The number of aliphatic hydroxyl groups excluding tert-OH is 1. The van der Waals surface area contributed by atoms with Crippen molar-refractivity contribution in [1.82, 2.24) is 14.7 Å². The third-order valence-corrected chi connectivity index (χ3v) is 5.47. The van der Waals surface area contributed by atoms with Crippen molar-refractivity contribution in [3.63, 3.8) is 0 Å². The third kappa shape index (κ3) is 6.34. The van der Waals surface area contributed by atoms with E-state index in [-0.39, 0.29) is 11.5 Å². The highest BCUT2D eigenvalue weighted by molar-refractivity contribution is 5.76. The maximum Gasteiger partial charge on any atom is 0.222 e. The molecule has 1 atom stereocenters. The molecule has 5 heteroatoms. The summed E-state index contributed by atoms with van der Waals surface area (Å²) in [5, 5.41) is 10.2. The molecule has 0 aromatic rings. The zero-order valence-electron chi connectivity index (χ0n) is 16.0. The van der Waals surface area contributed by atoms with E-state index in [4.69, 9.17) is 0 Å². The second-order valence-electron chi connectivity index (χ2n) is 8.57. The van der Waals surface area contributed by atoms with Crippen molar-refractivity contribution < 1.29 is 9.90 Å². The minimum atomic E-state index is -0.315. The van der Waals surface area contributed by atoms with E-state index in [1.54, 1.807) is 0 Å². The number of rotatable bonds is 7. The summed E-state index contributed by atoms with van der Waals surface area (Å²) in [5.41, 5.74) is -0.0811. The van der Waals surface area contributed by atoms with E-state index in [2.05, 4.69) is 30.6 Å². The van der Waals surface area contributed by atoms with Gasteiger partial charge in [0.15, 0.2) is 0 Å². The Labute approximate surface area is 148 Å². The summed E-state index contributed by atoms with van der Waals surface area (Å²) in [7, 11) is 0. The Morgan fingerprint density at radius 3 is 2.17 bits per heavy atom. The Morgan fingerprint density at radius 1 is 0.958 bits per heavy atom. The fourth-order valence-corrected chi connectivity index (χ4v) is 3.47. The summed E-state index contributed by atoms with van der Waals surface area (Å²) in [6, 6.07) is 0. The van der Waals surface area contributed by atoms with E-state index in [0.717, 1.165) is 45.6 Å². The summed E-state index contributed by atoms with van der Waals surface area (Å²) in [6.07, 6.45) is 5.21. The molecule has 2 aliphatic heterocycles. The van der Waals surface area contributed by atoms with Crippen LogP contribution in [0.3, 0.4) is 0 Å². The minimum Gasteiger partial charge on any atom is -0.391 e. The van der Waals surface area contributed by atoms with Crippen molar-refractivity contribution in [3.8, 4) is 0 Å². The van der Waals surface area contributed by atoms with Crippen LogP contribution >= 0.6 is 0 Å². The van der Waals surface area contributed by atoms with Gasteiger partial charge in [0, 0.05) is 39.1 Å². The molecular weight excluding hydrogens is 302 g/mol. The van der Waals surface area contributed by atoms with Crippen molar-refractivity contribution >= 4 is 5.91 Å². The van der Waals surface area contributed by atoms with Crippen LogP contribution in [0, 0.1) is 5.41 Å². The fourth-order valence-electron chi connectivity index (χ4n) is 3.47. The molecule has 5 nitrogen and oxygen atoms in total. The lowest BCUT2D eigenvalue weighted by atomic mass is 9.89. The van der Waals surface area contributed by atoms with E-state index in [1.165, 1.54) is 25.9 Å². The Bertz CT molecular complexity index is 381. The summed E-state index contributed by atoms with van der Waals surface area (Å²) >= 11 is 0. The van der Waals surface area contributed by atoms with Crippen LogP contribution in [-0.4, -0.2) is 84.2 Å². The summed E-state index contributed by atoms with van der Waals surface area (Å²) in [4.78, 5) is 19.1. The first-order valence-corrected chi connectivity index (χ1v) is 9.77. The van der Waals surface area contributed by atoms with Gasteiger partial charge in [0.1, 0.15) is 0 Å². The van der Waals surface area contributed by atoms with Crippen LogP contribution in [-0.2, 0) is 4.79 Å². The predicted octanol–water partition coefficient (Wildman–Crippen LogP) is 1.80. The number of piperazine rings is 1. The first kappa shape index (κ1) is 19.7. The number of carbonyl (C=O) groups is 1. The highest BCUT2D eigenvalue weighted by Crippen LogP contribution is 2.20. The zero-order valence-corrected chi connectivity index (χ0v) is 16.0. The number of amides is 1. The lowest BCUT2D eigenvalue weighted by Crippen LogP contribution is -2.51. The highest BCUT2D eigenvalue weighted by Gasteiger charge is 2.27. The number of hydrogen-bond acceptors (Lipinski definition) is 4. The van der Waals surface area contributed by atoms with Gasteiger partial charge in [0.05, 0.1) is 6.10 Å². The van der Waals surface area contributed by atoms with Crippen molar-refractivity contribution in [3.05, 3.63) is 0 Å². The van der Waals surface area contributed by atoms with E-state index in [1.807, 2.05) is 4.90 Å². The first-order valence-electron chi connectivity index (χ1n) is 9.77. The Hall–Kier alpha value is -0.650. The normalized spacial score (nSPS) is 22.1. The van der Waals surface area contributed by atoms with Crippen LogP contribution in [0.15, 0.2) is 0 Å². The standard InChI is InChI=1S/C19H37N3O2/c1-19(2,3)17(23)16-21-12-14-22(15-13-21)18(24)8-4-5-9-20-10-6-7-11-20/h17,23H,4-16H2,1-3H3/t17-/m0/s1. The molecule has 1 N–H and O–H groups in total. The van der Waals surface area contributed by atoms with Gasteiger partial charge in [-0.3, -0.25) is 9.69 Å². The average molecular weight is 340 g/mol. The molecule has 0 aromatic heterocycles. The average Bonchev–Trinajstić information content (AvgIpc) is 3.04. The quantitative estimate of drug-likeness (QED) is 0.719. The topological polar surface area (TPSA) is 47.0 Å². The number of likely N-dealkylation sites (tertiary alicyclic amines) is 1. The van der Waals surface area contributed by atoms with Crippen LogP contribution < -0.4 is 0 Å². The van der Waals surface area contributed by atoms with Gasteiger partial charge in [-0.1, -0.05) is 20.8 Å². The molecule has 0 unspecified atom stereocenters. The Balaban J connectivity index is 1.58. The predicted molar refractivity (Wildman–Crippen MR) is 98.0 cm³/mol. The van der Waals surface area contributed by atoms with E-state index >= 15 is 0 Å². The molecule has 2 fully saturated rings. The molecule has 0 spiro atoms. The second kappa shape index (κ2) is 9.16. The lowest BCUT2D eigenvalue weighted by molar-refractivity contribution is -0.133. The number of carbonyl (C=O) groups excluding carboxylic acids is 1. The molecule has 2 heterocycles. The third-order valence-electron chi connectivity index (χ3n) is 5.47. The molecule has 2 saturated heterocycles. The number of hydrogen-bond donors (Lipinski definition) is 1. The number of aliphatic hydroxyl groups is 1. The molecule has 24 heavy (non-hydrogen) atoms. The molecule has 140 valence electrons. The molecule has 0 radical (unpaired) electrons. The van der Waals surface area contributed by atoms with Crippen LogP contribution in [0.5, 0.6) is 0 Å². The summed E-state index contributed by atoms with van der Waals surface area (Å²) in [6.45, 7) is 13.9. The van der Waals surface area contributed by atoms with E-state index in [0.29, 0.717) is 18.9 Å². The molecular formula is C19H37N3O2. The van der Waals surface area contributed by atoms with Gasteiger partial charge >= 0.3 is 0 Å². The minimum absolute atomic E-state index is 0.0811. The van der Waals surface area contributed by atoms with Gasteiger partial charge in [-0.05, 0) is 50.7 Å². The number of nitrogens with zero attached hydrogens (tertiary/aromatic N) is 3. The molecule has 2 rings (SSSR count).